The lowest BCUT2D eigenvalue weighted by molar-refractivity contribution is 0.174. The number of nitrogens with two attached hydrogens (primary N) is 1. The van der Waals surface area contributed by atoms with Crippen LogP contribution in [0.4, 0.5) is 0 Å². The second-order valence-corrected chi connectivity index (χ2v) is 6.74. The highest BCUT2D eigenvalue weighted by Crippen LogP contribution is 2.48. The highest BCUT2D eigenvalue weighted by Gasteiger charge is 2.36. The molecule has 8 heteroatoms. The molecule has 138 valence electrons. The van der Waals surface area contributed by atoms with Crippen LogP contribution in [0.5, 0.6) is 17.4 Å². The summed E-state index contributed by atoms with van der Waals surface area (Å²) in [6.45, 7) is 0.184. The summed E-state index contributed by atoms with van der Waals surface area (Å²) in [4.78, 5) is 0. The van der Waals surface area contributed by atoms with E-state index in [1.54, 1.807) is 6.07 Å². The second kappa shape index (κ2) is 6.22. The maximum Gasteiger partial charge on any atom is 0.244 e. The first-order valence-electron chi connectivity index (χ1n) is 8.47. The number of fused-ring (bicyclic) bond motifs is 2. The Morgan fingerprint density at radius 1 is 1.18 bits per heavy atom. The summed E-state index contributed by atoms with van der Waals surface area (Å²) in [6.07, 6.45) is 0. The molecule has 7 nitrogen and oxygen atoms in total. The van der Waals surface area contributed by atoms with E-state index in [0.29, 0.717) is 33.7 Å². The summed E-state index contributed by atoms with van der Waals surface area (Å²) in [5.74, 6) is 1.14. The van der Waals surface area contributed by atoms with Crippen molar-refractivity contribution >= 4 is 11.6 Å². The summed E-state index contributed by atoms with van der Waals surface area (Å²) in [5.41, 5.74) is 9.24. The normalized spacial score (nSPS) is 17.1. The molecule has 3 heterocycles. The number of nitrogens with zero attached hydrogens (tertiary/aromatic N) is 2. The monoisotopic (exact) mass is 392 g/mol. The highest BCUT2D eigenvalue weighted by atomic mass is 35.5. The zero-order chi connectivity index (χ0) is 19.3. The van der Waals surface area contributed by atoms with Crippen LogP contribution in [0.2, 0.25) is 5.02 Å². The van der Waals surface area contributed by atoms with Crippen LogP contribution >= 0.6 is 11.6 Å². The van der Waals surface area contributed by atoms with E-state index < -0.39 is 5.92 Å². The van der Waals surface area contributed by atoms with Gasteiger partial charge in [-0.2, -0.15) is 5.26 Å². The second-order valence-electron chi connectivity index (χ2n) is 6.33. The number of halogens is 1. The Balaban J connectivity index is 1.73. The van der Waals surface area contributed by atoms with E-state index in [0.717, 1.165) is 11.1 Å². The Morgan fingerprint density at radius 2 is 2.00 bits per heavy atom. The third-order valence-corrected chi connectivity index (χ3v) is 5.16. The van der Waals surface area contributed by atoms with Crippen molar-refractivity contribution < 1.29 is 14.2 Å². The van der Waals surface area contributed by atoms with Gasteiger partial charge < -0.3 is 19.9 Å². The van der Waals surface area contributed by atoms with Gasteiger partial charge in [-0.25, -0.2) is 0 Å². The van der Waals surface area contributed by atoms with Gasteiger partial charge in [-0.15, -0.1) is 5.10 Å². The Labute approximate surface area is 164 Å². The molecule has 1 unspecified atom stereocenters. The van der Waals surface area contributed by atoms with E-state index >= 15 is 0 Å². The van der Waals surface area contributed by atoms with Crippen LogP contribution in [-0.4, -0.2) is 17.0 Å². The van der Waals surface area contributed by atoms with Crippen LogP contribution in [-0.2, 0) is 0 Å². The zero-order valence-corrected chi connectivity index (χ0v) is 15.2. The Hall–Kier alpha value is -3.63. The van der Waals surface area contributed by atoms with Crippen molar-refractivity contribution in [2.24, 2.45) is 5.73 Å². The molecule has 2 aliphatic rings. The summed E-state index contributed by atoms with van der Waals surface area (Å²) in [6, 6.07) is 15.1. The molecule has 0 saturated heterocycles. The molecule has 28 heavy (non-hydrogen) atoms. The third-order valence-electron chi connectivity index (χ3n) is 4.82. The van der Waals surface area contributed by atoms with Gasteiger partial charge in [0.1, 0.15) is 11.6 Å². The van der Waals surface area contributed by atoms with E-state index in [-0.39, 0.29) is 18.2 Å². The Bertz CT molecular complexity index is 1180. The predicted octanol–water partition coefficient (Wildman–Crippen LogP) is 3.68. The summed E-state index contributed by atoms with van der Waals surface area (Å²) < 4.78 is 16.5. The molecule has 3 N–H and O–H groups in total. The molecule has 1 atom stereocenters. The molecule has 0 spiro atoms. The SMILES string of the molecule is N#CC1=C(N)Oc2n[nH]c(-c3ccc4c(c3)OCO4)c2C1c1ccccc1Cl. The minimum Gasteiger partial charge on any atom is -0.454 e. The van der Waals surface area contributed by atoms with Crippen LogP contribution in [0.1, 0.15) is 17.0 Å². The van der Waals surface area contributed by atoms with Gasteiger partial charge in [0.05, 0.1) is 17.2 Å². The smallest absolute Gasteiger partial charge is 0.244 e. The van der Waals surface area contributed by atoms with Crippen molar-refractivity contribution in [2.75, 3.05) is 6.79 Å². The van der Waals surface area contributed by atoms with E-state index in [1.807, 2.05) is 36.4 Å². The van der Waals surface area contributed by atoms with Crippen LogP contribution in [0.15, 0.2) is 53.9 Å². The van der Waals surface area contributed by atoms with E-state index in [1.165, 1.54) is 0 Å². The number of ether oxygens (including phenoxy) is 3. The van der Waals surface area contributed by atoms with Gasteiger partial charge in [0, 0.05) is 10.6 Å². The Morgan fingerprint density at radius 3 is 2.82 bits per heavy atom. The van der Waals surface area contributed by atoms with Crippen LogP contribution in [0, 0.1) is 11.3 Å². The molecule has 0 aliphatic carbocycles. The number of hydrogen-bond donors (Lipinski definition) is 2. The van der Waals surface area contributed by atoms with Crippen molar-refractivity contribution in [1.82, 2.24) is 10.2 Å². The summed E-state index contributed by atoms with van der Waals surface area (Å²) in [7, 11) is 0. The minimum absolute atomic E-state index is 0.0173. The average Bonchev–Trinajstić information content (AvgIpc) is 3.33. The lowest BCUT2D eigenvalue weighted by atomic mass is 9.83. The molecule has 2 aliphatic heterocycles. The fraction of sp³-hybridized carbons (Fsp3) is 0.100. The largest absolute Gasteiger partial charge is 0.454 e. The van der Waals surface area contributed by atoms with Gasteiger partial charge in [-0.05, 0) is 29.8 Å². The van der Waals surface area contributed by atoms with Gasteiger partial charge in [-0.1, -0.05) is 29.8 Å². The van der Waals surface area contributed by atoms with Crippen LogP contribution in [0.25, 0.3) is 11.3 Å². The van der Waals surface area contributed by atoms with Crippen molar-refractivity contribution in [2.45, 2.75) is 5.92 Å². The molecule has 0 fully saturated rings. The molecule has 1 aromatic heterocycles. The summed E-state index contributed by atoms with van der Waals surface area (Å²) >= 11 is 6.46. The van der Waals surface area contributed by atoms with Crippen molar-refractivity contribution in [3.05, 3.63) is 70.1 Å². The molecule has 0 saturated carbocycles. The zero-order valence-electron chi connectivity index (χ0n) is 14.4. The molecule has 0 radical (unpaired) electrons. The number of hydrogen-bond acceptors (Lipinski definition) is 6. The predicted molar refractivity (Wildman–Crippen MR) is 101 cm³/mol. The van der Waals surface area contributed by atoms with Crippen molar-refractivity contribution in [3.63, 3.8) is 0 Å². The minimum atomic E-state index is -0.512. The number of aromatic amines is 1. The van der Waals surface area contributed by atoms with Crippen LogP contribution < -0.4 is 19.9 Å². The molecule has 5 rings (SSSR count). The number of benzene rings is 2. The molecule has 0 bridgehead atoms. The first kappa shape index (κ1) is 16.5. The maximum atomic E-state index is 9.76. The topological polar surface area (TPSA) is 106 Å². The lowest BCUT2D eigenvalue weighted by Crippen LogP contribution is -2.21. The molecule has 0 amide bonds. The van der Waals surface area contributed by atoms with Gasteiger partial charge in [0.25, 0.3) is 0 Å². The number of aromatic nitrogens is 2. The number of nitrogens with one attached hydrogen (secondary N) is 1. The number of nitriles is 1. The van der Waals surface area contributed by atoms with Gasteiger partial charge in [0.2, 0.25) is 18.6 Å². The van der Waals surface area contributed by atoms with Gasteiger partial charge in [-0.3, -0.25) is 5.10 Å². The first-order chi connectivity index (χ1) is 13.7. The maximum absolute atomic E-state index is 9.76. The number of H-pyrrole nitrogens is 1. The fourth-order valence-electron chi connectivity index (χ4n) is 3.54. The molecular formula is C20H13ClN4O3. The summed E-state index contributed by atoms with van der Waals surface area (Å²) in [5, 5.41) is 17.6. The van der Waals surface area contributed by atoms with Gasteiger partial charge >= 0.3 is 0 Å². The number of rotatable bonds is 2. The van der Waals surface area contributed by atoms with E-state index in [9.17, 15) is 5.26 Å². The van der Waals surface area contributed by atoms with Crippen molar-refractivity contribution in [3.8, 4) is 34.7 Å². The Kier molecular flexibility index (Phi) is 3.67. The molecule has 2 aromatic carbocycles. The molecule has 3 aromatic rings. The first-order valence-corrected chi connectivity index (χ1v) is 8.85. The average molecular weight is 393 g/mol. The molecular weight excluding hydrogens is 380 g/mol. The van der Waals surface area contributed by atoms with Crippen LogP contribution in [0.3, 0.4) is 0 Å². The highest BCUT2D eigenvalue weighted by molar-refractivity contribution is 6.31. The number of allylic oxidation sites excluding steroid dienone is 1. The lowest BCUT2D eigenvalue weighted by Gasteiger charge is -2.24. The standard InChI is InChI=1S/C20H13ClN4O3/c21-13-4-2-1-3-11(13)16-12(8-22)19(23)28-20-17(16)18(24-25-20)10-5-6-14-15(7-10)27-9-26-14/h1-7,16H,9,23H2,(H,24,25). The quantitative estimate of drug-likeness (QED) is 0.689. The van der Waals surface area contributed by atoms with Crippen molar-refractivity contribution in [1.29, 1.82) is 5.26 Å². The van der Waals surface area contributed by atoms with Gasteiger partial charge in [0.15, 0.2) is 11.5 Å². The third kappa shape index (κ3) is 2.39. The fourth-order valence-corrected chi connectivity index (χ4v) is 3.78. The van der Waals surface area contributed by atoms with E-state index in [2.05, 4.69) is 16.3 Å². The van der Waals surface area contributed by atoms with E-state index in [4.69, 9.17) is 31.5 Å².